The van der Waals surface area contributed by atoms with E-state index in [4.69, 9.17) is 10.2 Å². The van der Waals surface area contributed by atoms with Gasteiger partial charge in [-0.3, -0.25) is 0 Å². The van der Waals surface area contributed by atoms with Crippen LogP contribution in [0, 0.1) is 5.41 Å². The minimum atomic E-state index is -1.19. The predicted molar refractivity (Wildman–Crippen MR) is 32.6 cm³/mol. The molecule has 0 rings (SSSR count). The van der Waals surface area contributed by atoms with Gasteiger partial charge >= 0.3 is 12.4 Å². The van der Waals surface area contributed by atoms with Crippen LogP contribution in [0.25, 0.3) is 0 Å². The van der Waals surface area contributed by atoms with E-state index in [2.05, 4.69) is 0 Å². The van der Waals surface area contributed by atoms with Crippen molar-refractivity contribution in [3.8, 4) is 0 Å². The van der Waals surface area contributed by atoms with Crippen LogP contribution in [0.15, 0.2) is 0 Å². The van der Waals surface area contributed by atoms with Crippen LogP contribution in [-0.4, -0.2) is 29.2 Å². The Balaban J connectivity index is 0. The standard InChI is InChI=1S/C6H11O3.BrH/c1-6(2,4-8)5(9)3-7;/h5,8-9H,4H2,1-2H3;1H/q+1;/p-1/t5-;/m0./s1. The molecule has 4 heteroatoms. The third kappa shape index (κ3) is 3.22. The van der Waals surface area contributed by atoms with Crippen molar-refractivity contribution < 1.29 is 32.0 Å². The fourth-order valence-corrected chi connectivity index (χ4v) is 0.246. The van der Waals surface area contributed by atoms with Crippen LogP contribution < -0.4 is 17.0 Å². The number of aliphatic hydroxyl groups is 2. The number of rotatable bonds is 3. The van der Waals surface area contributed by atoms with Gasteiger partial charge in [-0.25, -0.2) is 0 Å². The zero-order valence-corrected chi connectivity index (χ0v) is 7.55. The van der Waals surface area contributed by atoms with Gasteiger partial charge in [0.2, 0.25) is 0 Å². The molecule has 0 aromatic carbocycles. The monoisotopic (exact) mass is 210 g/mol. The third-order valence-electron chi connectivity index (χ3n) is 1.26. The van der Waals surface area contributed by atoms with Crippen LogP contribution in [0.5, 0.6) is 0 Å². The zero-order valence-electron chi connectivity index (χ0n) is 5.97. The van der Waals surface area contributed by atoms with Gasteiger partial charge in [0.05, 0.1) is 12.0 Å². The van der Waals surface area contributed by atoms with E-state index in [-0.39, 0.29) is 23.6 Å². The smallest absolute Gasteiger partial charge is 0.541 e. The minimum Gasteiger partial charge on any atom is -1.00 e. The van der Waals surface area contributed by atoms with Crippen molar-refractivity contribution in [2.45, 2.75) is 20.0 Å². The molecule has 0 aliphatic rings. The van der Waals surface area contributed by atoms with Gasteiger partial charge in [-0.2, -0.15) is 0 Å². The molecule has 0 radical (unpaired) electrons. The van der Waals surface area contributed by atoms with Gasteiger partial charge in [-0.1, -0.05) is 0 Å². The summed E-state index contributed by atoms with van der Waals surface area (Å²) in [5, 5.41) is 17.4. The van der Waals surface area contributed by atoms with Gasteiger partial charge in [0.15, 0.2) is 0 Å². The molecule has 0 saturated heterocycles. The maximum Gasteiger partial charge on any atom is 0.541 e. The van der Waals surface area contributed by atoms with Crippen LogP contribution in [0.4, 0.5) is 0 Å². The minimum absolute atomic E-state index is 0. The topological polar surface area (TPSA) is 57.5 Å². The van der Waals surface area contributed by atoms with Crippen LogP contribution in [-0.2, 0) is 4.79 Å². The Labute approximate surface area is 70.8 Å². The number of hydrogen-bond donors (Lipinski definition) is 2. The molecule has 60 valence electrons. The second-order valence-corrected chi connectivity index (χ2v) is 2.67. The normalized spacial score (nSPS) is 13.2. The quantitative estimate of drug-likeness (QED) is 0.476. The maximum absolute atomic E-state index is 9.82. The molecule has 2 N–H and O–H groups in total. The molecule has 0 aliphatic carbocycles. The van der Waals surface area contributed by atoms with E-state index in [1.165, 1.54) is 6.29 Å². The van der Waals surface area contributed by atoms with E-state index in [0.717, 1.165) is 0 Å². The van der Waals surface area contributed by atoms with E-state index >= 15 is 0 Å². The molecule has 0 aromatic heterocycles. The van der Waals surface area contributed by atoms with Crippen LogP contribution in [0.2, 0.25) is 0 Å². The molecule has 3 nitrogen and oxygen atoms in total. The Kier molecular flexibility index (Phi) is 5.99. The molecular formula is C6H11BrO3. The van der Waals surface area contributed by atoms with Crippen molar-refractivity contribution in [2.24, 2.45) is 5.41 Å². The first-order chi connectivity index (χ1) is 4.04. The molecule has 0 aromatic rings. The highest BCUT2D eigenvalue weighted by Crippen LogP contribution is 2.17. The predicted octanol–water partition coefficient (Wildman–Crippen LogP) is -3.52. The molecule has 10 heavy (non-hydrogen) atoms. The largest absolute Gasteiger partial charge is 1.00 e. The highest BCUT2D eigenvalue weighted by atomic mass is 79.9. The Morgan fingerprint density at radius 1 is 1.60 bits per heavy atom. The fraction of sp³-hybridized carbons (Fsp3) is 0.833. The Bertz CT molecular complexity index is 103. The van der Waals surface area contributed by atoms with Crippen LogP contribution >= 0.6 is 0 Å². The van der Waals surface area contributed by atoms with Crippen molar-refractivity contribution in [3.05, 3.63) is 0 Å². The molecule has 0 unspecified atom stereocenters. The van der Waals surface area contributed by atoms with Crippen molar-refractivity contribution in [3.63, 3.8) is 0 Å². The molecule has 0 fully saturated rings. The van der Waals surface area contributed by atoms with Gasteiger partial charge < -0.3 is 27.2 Å². The van der Waals surface area contributed by atoms with Gasteiger partial charge in [0, 0.05) is 4.79 Å². The fourth-order valence-electron chi connectivity index (χ4n) is 0.246. The molecule has 0 spiro atoms. The first-order valence-corrected chi connectivity index (χ1v) is 2.71. The van der Waals surface area contributed by atoms with Crippen molar-refractivity contribution in [1.82, 2.24) is 0 Å². The lowest BCUT2D eigenvalue weighted by atomic mass is 9.89. The number of halogens is 1. The summed E-state index contributed by atoms with van der Waals surface area (Å²) in [6, 6.07) is 0. The summed E-state index contributed by atoms with van der Waals surface area (Å²) in [5.74, 6) is 0. The Hall–Kier alpha value is -0.0200. The van der Waals surface area contributed by atoms with Crippen LogP contribution in [0.3, 0.4) is 0 Å². The summed E-state index contributed by atoms with van der Waals surface area (Å²) in [6.45, 7) is 2.95. The number of carbonyl (C=O) groups excluding carboxylic acids is 1. The van der Waals surface area contributed by atoms with E-state index in [1.807, 2.05) is 0 Å². The first-order valence-electron chi connectivity index (χ1n) is 2.71. The SMILES string of the molecule is CC(C)(CO)[C@@H](O)[C+]=O.[Br-]. The summed E-state index contributed by atoms with van der Waals surface area (Å²) >= 11 is 0. The average Bonchev–Trinajstić information content (AvgIpc) is 1.86. The molecule has 0 heterocycles. The summed E-state index contributed by atoms with van der Waals surface area (Å²) in [7, 11) is 0. The summed E-state index contributed by atoms with van der Waals surface area (Å²) in [5.41, 5.74) is -0.762. The Morgan fingerprint density at radius 3 is 2.10 bits per heavy atom. The van der Waals surface area contributed by atoms with E-state index in [0.29, 0.717) is 0 Å². The van der Waals surface area contributed by atoms with E-state index in [1.54, 1.807) is 13.8 Å². The first kappa shape index (κ1) is 12.6. The van der Waals surface area contributed by atoms with E-state index in [9.17, 15) is 4.79 Å². The highest BCUT2D eigenvalue weighted by molar-refractivity contribution is 5.57. The number of hydrogen-bond acceptors (Lipinski definition) is 3. The molecule has 0 saturated carbocycles. The lowest BCUT2D eigenvalue weighted by Crippen LogP contribution is -3.00. The lowest BCUT2D eigenvalue weighted by molar-refractivity contribution is -0.00000592. The Morgan fingerprint density at radius 2 is 2.00 bits per heavy atom. The lowest BCUT2D eigenvalue weighted by Gasteiger charge is -2.15. The molecule has 0 bridgehead atoms. The third-order valence-corrected chi connectivity index (χ3v) is 1.26. The summed E-state index contributed by atoms with van der Waals surface area (Å²) < 4.78 is 0. The van der Waals surface area contributed by atoms with Gasteiger partial charge in [-0.15, -0.1) is 0 Å². The number of aliphatic hydroxyl groups excluding tert-OH is 2. The molecule has 1 atom stereocenters. The average molecular weight is 211 g/mol. The second-order valence-electron chi connectivity index (χ2n) is 2.67. The van der Waals surface area contributed by atoms with Crippen molar-refractivity contribution in [1.29, 1.82) is 0 Å². The highest BCUT2D eigenvalue weighted by Gasteiger charge is 2.37. The van der Waals surface area contributed by atoms with Crippen LogP contribution in [0.1, 0.15) is 13.8 Å². The van der Waals surface area contributed by atoms with Gasteiger partial charge in [-0.05, 0) is 13.8 Å². The molecule has 0 aliphatic heterocycles. The second kappa shape index (κ2) is 4.74. The summed E-state index contributed by atoms with van der Waals surface area (Å²) in [6.07, 6.45) is 0.210. The van der Waals surface area contributed by atoms with E-state index < -0.39 is 11.5 Å². The summed E-state index contributed by atoms with van der Waals surface area (Å²) in [4.78, 5) is 9.82. The molecule has 0 amide bonds. The van der Waals surface area contributed by atoms with Crippen molar-refractivity contribution >= 4 is 6.29 Å². The van der Waals surface area contributed by atoms with Gasteiger partial charge in [0.1, 0.15) is 0 Å². The zero-order chi connectivity index (χ0) is 7.49. The van der Waals surface area contributed by atoms with Gasteiger partial charge in [0.25, 0.3) is 0 Å². The molecular weight excluding hydrogens is 200 g/mol. The maximum atomic E-state index is 9.82. The van der Waals surface area contributed by atoms with Crippen molar-refractivity contribution in [2.75, 3.05) is 6.61 Å².